The zero-order chi connectivity index (χ0) is 12.1. The van der Waals surface area contributed by atoms with Gasteiger partial charge in [-0.15, -0.1) is 0 Å². The Hall–Kier alpha value is -0.730. The Labute approximate surface area is 109 Å². The van der Waals surface area contributed by atoms with Gasteiger partial charge in [-0.3, -0.25) is 0 Å². The molecule has 1 fully saturated rings. The minimum Gasteiger partial charge on any atom is -0.309 e. The van der Waals surface area contributed by atoms with Gasteiger partial charge in [-0.2, -0.15) is 11.8 Å². The lowest BCUT2D eigenvalue weighted by Gasteiger charge is -2.20. The van der Waals surface area contributed by atoms with E-state index in [0.29, 0.717) is 6.04 Å². The fraction of sp³-hybridized carbons (Fsp3) is 0.467. The molecular weight excluding hydrogens is 226 g/mol. The summed E-state index contributed by atoms with van der Waals surface area (Å²) in [5.74, 6) is 0. The molecule has 0 radical (unpaired) electrons. The van der Waals surface area contributed by atoms with E-state index in [-0.39, 0.29) is 0 Å². The van der Waals surface area contributed by atoms with Gasteiger partial charge in [0.1, 0.15) is 0 Å². The van der Waals surface area contributed by atoms with E-state index in [1.54, 1.807) is 0 Å². The summed E-state index contributed by atoms with van der Waals surface area (Å²) in [5, 5.41) is 4.45. The van der Waals surface area contributed by atoms with E-state index in [9.17, 15) is 0 Å². The lowest BCUT2D eigenvalue weighted by molar-refractivity contribution is 0.570. The van der Waals surface area contributed by atoms with Gasteiger partial charge in [0.25, 0.3) is 0 Å². The minimum absolute atomic E-state index is 0.672. The van der Waals surface area contributed by atoms with E-state index >= 15 is 0 Å². The molecule has 0 aromatic heterocycles. The van der Waals surface area contributed by atoms with Crippen molar-refractivity contribution < 1.29 is 0 Å². The highest BCUT2D eigenvalue weighted by atomic mass is 32.2. The highest BCUT2D eigenvalue weighted by Crippen LogP contribution is 2.28. The third-order valence-electron chi connectivity index (χ3n) is 3.51. The zero-order valence-electron chi connectivity index (χ0n) is 10.5. The van der Waals surface area contributed by atoms with Crippen molar-refractivity contribution in [2.24, 2.45) is 0 Å². The Morgan fingerprint density at radius 2 is 2.12 bits per heavy atom. The van der Waals surface area contributed by atoms with E-state index in [0.717, 1.165) is 11.8 Å². The first-order valence-corrected chi connectivity index (χ1v) is 7.59. The van der Waals surface area contributed by atoms with Crippen LogP contribution in [-0.4, -0.2) is 24.1 Å². The van der Waals surface area contributed by atoms with Crippen molar-refractivity contribution in [1.29, 1.82) is 0 Å². The highest BCUT2D eigenvalue weighted by Gasteiger charge is 2.25. The van der Waals surface area contributed by atoms with Crippen LogP contribution >= 0.6 is 11.8 Å². The van der Waals surface area contributed by atoms with Gasteiger partial charge >= 0.3 is 0 Å². The summed E-state index contributed by atoms with van der Waals surface area (Å²) in [6.07, 6.45) is 6.25. The fourth-order valence-electron chi connectivity index (χ4n) is 2.47. The van der Waals surface area contributed by atoms with Crippen molar-refractivity contribution in [3.8, 4) is 0 Å². The molecule has 1 aliphatic rings. The SMILES string of the molecule is C=C(CNC1CCCC1SC)c1ccccc1. The van der Waals surface area contributed by atoms with Crippen LogP contribution in [0, 0.1) is 0 Å². The van der Waals surface area contributed by atoms with Crippen molar-refractivity contribution in [1.82, 2.24) is 5.32 Å². The Morgan fingerprint density at radius 1 is 1.35 bits per heavy atom. The standard InChI is InChI=1S/C15H21NS/c1-12(13-7-4-3-5-8-13)11-16-14-9-6-10-15(14)17-2/h3-5,7-8,14-16H,1,6,9-11H2,2H3. The fourth-order valence-corrected chi connectivity index (χ4v) is 3.44. The van der Waals surface area contributed by atoms with Crippen LogP contribution in [0.4, 0.5) is 0 Å². The van der Waals surface area contributed by atoms with E-state index in [1.165, 1.54) is 30.4 Å². The Bertz CT molecular complexity index is 360. The maximum Gasteiger partial charge on any atom is 0.0208 e. The lowest BCUT2D eigenvalue weighted by Crippen LogP contribution is -2.34. The summed E-state index contributed by atoms with van der Waals surface area (Å²) in [7, 11) is 0. The summed E-state index contributed by atoms with van der Waals surface area (Å²) in [4.78, 5) is 0. The molecule has 1 aromatic rings. The summed E-state index contributed by atoms with van der Waals surface area (Å²) >= 11 is 2.00. The first kappa shape index (κ1) is 12.7. The Balaban J connectivity index is 1.84. The molecule has 0 aliphatic heterocycles. The minimum atomic E-state index is 0.672. The second-order valence-electron chi connectivity index (χ2n) is 4.66. The second-order valence-corrected chi connectivity index (χ2v) is 5.74. The van der Waals surface area contributed by atoms with Crippen molar-refractivity contribution in [2.75, 3.05) is 12.8 Å². The monoisotopic (exact) mass is 247 g/mol. The molecule has 92 valence electrons. The van der Waals surface area contributed by atoms with Gasteiger partial charge in [-0.1, -0.05) is 43.3 Å². The molecule has 2 atom stereocenters. The topological polar surface area (TPSA) is 12.0 Å². The summed E-state index contributed by atoms with van der Waals surface area (Å²) in [5.41, 5.74) is 2.44. The van der Waals surface area contributed by atoms with Crippen molar-refractivity contribution in [3.05, 3.63) is 42.5 Å². The number of nitrogens with one attached hydrogen (secondary N) is 1. The van der Waals surface area contributed by atoms with Gasteiger partial charge in [0, 0.05) is 17.8 Å². The molecule has 0 heterocycles. The largest absolute Gasteiger partial charge is 0.309 e. The highest BCUT2D eigenvalue weighted by molar-refractivity contribution is 7.99. The van der Waals surface area contributed by atoms with Crippen LogP contribution in [0.25, 0.3) is 5.57 Å². The van der Waals surface area contributed by atoms with Gasteiger partial charge in [0.2, 0.25) is 0 Å². The normalized spacial score (nSPS) is 23.8. The Kier molecular flexibility index (Phi) is 4.69. The molecule has 0 saturated heterocycles. The van der Waals surface area contributed by atoms with Crippen LogP contribution in [0.1, 0.15) is 24.8 Å². The molecule has 17 heavy (non-hydrogen) atoms. The average Bonchev–Trinajstić information content (AvgIpc) is 2.84. The predicted molar refractivity (Wildman–Crippen MR) is 78.4 cm³/mol. The van der Waals surface area contributed by atoms with Gasteiger partial charge < -0.3 is 5.32 Å². The van der Waals surface area contributed by atoms with Gasteiger partial charge in [0.15, 0.2) is 0 Å². The van der Waals surface area contributed by atoms with Crippen molar-refractivity contribution in [3.63, 3.8) is 0 Å². The van der Waals surface area contributed by atoms with Gasteiger partial charge in [-0.05, 0) is 30.2 Å². The van der Waals surface area contributed by atoms with Crippen LogP contribution in [0.3, 0.4) is 0 Å². The quantitative estimate of drug-likeness (QED) is 0.853. The third-order valence-corrected chi connectivity index (χ3v) is 4.68. The molecule has 1 N–H and O–H groups in total. The van der Waals surface area contributed by atoms with Crippen LogP contribution < -0.4 is 5.32 Å². The molecule has 1 saturated carbocycles. The lowest BCUT2D eigenvalue weighted by atomic mass is 10.1. The van der Waals surface area contributed by atoms with E-state index in [4.69, 9.17) is 0 Å². The van der Waals surface area contributed by atoms with Crippen molar-refractivity contribution >= 4 is 17.3 Å². The molecule has 2 heteroatoms. The van der Waals surface area contributed by atoms with E-state index < -0.39 is 0 Å². The summed E-state index contributed by atoms with van der Waals surface area (Å²) in [6.45, 7) is 5.08. The summed E-state index contributed by atoms with van der Waals surface area (Å²) in [6, 6.07) is 11.1. The zero-order valence-corrected chi connectivity index (χ0v) is 11.3. The third kappa shape index (κ3) is 3.36. The number of hydrogen-bond donors (Lipinski definition) is 1. The smallest absolute Gasteiger partial charge is 0.0208 e. The molecule has 0 amide bonds. The summed E-state index contributed by atoms with van der Waals surface area (Å²) < 4.78 is 0. The van der Waals surface area contributed by atoms with E-state index in [1.807, 2.05) is 17.8 Å². The van der Waals surface area contributed by atoms with Crippen LogP contribution in [0.5, 0.6) is 0 Å². The molecular formula is C15H21NS. The first-order valence-electron chi connectivity index (χ1n) is 6.30. The number of thioether (sulfide) groups is 1. The van der Waals surface area contributed by atoms with E-state index in [2.05, 4.69) is 42.4 Å². The maximum absolute atomic E-state index is 4.17. The van der Waals surface area contributed by atoms with Crippen LogP contribution in [0.15, 0.2) is 36.9 Å². The molecule has 1 nitrogen and oxygen atoms in total. The van der Waals surface area contributed by atoms with Crippen LogP contribution in [-0.2, 0) is 0 Å². The first-order chi connectivity index (χ1) is 8.31. The molecule has 0 bridgehead atoms. The van der Waals surface area contributed by atoms with Gasteiger partial charge in [-0.25, -0.2) is 0 Å². The number of rotatable bonds is 5. The van der Waals surface area contributed by atoms with Crippen LogP contribution in [0.2, 0.25) is 0 Å². The molecule has 0 spiro atoms. The molecule has 1 aliphatic carbocycles. The Morgan fingerprint density at radius 3 is 2.82 bits per heavy atom. The molecule has 1 aromatic carbocycles. The number of benzene rings is 1. The number of hydrogen-bond acceptors (Lipinski definition) is 2. The van der Waals surface area contributed by atoms with Gasteiger partial charge in [0.05, 0.1) is 0 Å². The average molecular weight is 247 g/mol. The molecule has 2 rings (SSSR count). The van der Waals surface area contributed by atoms with Crippen molar-refractivity contribution in [2.45, 2.75) is 30.6 Å². The molecule has 2 unspecified atom stereocenters. The predicted octanol–water partition coefficient (Wildman–Crippen LogP) is 3.57. The maximum atomic E-state index is 4.17. The second kappa shape index (κ2) is 6.27.